The molecule has 2 fully saturated rings. The summed E-state index contributed by atoms with van der Waals surface area (Å²) in [4.78, 5) is 35.0. The lowest BCUT2D eigenvalue weighted by molar-refractivity contribution is -0.134. The van der Waals surface area contributed by atoms with Crippen LogP contribution in [-0.4, -0.2) is 44.2 Å². The zero-order chi connectivity index (χ0) is 19.5. The Balaban J connectivity index is 1.49. The third-order valence-corrected chi connectivity index (χ3v) is 6.34. The van der Waals surface area contributed by atoms with Gasteiger partial charge in [0.15, 0.2) is 5.65 Å². The van der Waals surface area contributed by atoms with Gasteiger partial charge in [-0.1, -0.05) is 25.7 Å². The van der Waals surface area contributed by atoms with Gasteiger partial charge in [-0.25, -0.2) is 9.97 Å². The van der Waals surface area contributed by atoms with Gasteiger partial charge < -0.3 is 14.3 Å². The fourth-order valence-electron chi connectivity index (χ4n) is 4.79. The van der Waals surface area contributed by atoms with Gasteiger partial charge in [0.1, 0.15) is 17.1 Å². The first-order valence-electron chi connectivity index (χ1n) is 10.7. The van der Waals surface area contributed by atoms with Crippen LogP contribution in [0.2, 0.25) is 0 Å². The van der Waals surface area contributed by atoms with Gasteiger partial charge in [-0.3, -0.25) is 4.79 Å². The number of piperidine rings is 1. The zero-order valence-electron chi connectivity index (χ0n) is 16.8. The van der Waals surface area contributed by atoms with Crippen molar-refractivity contribution in [1.29, 1.82) is 0 Å². The third kappa shape index (κ3) is 4.10. The van der Waals surface area contributed by atoms with Crippen LogP contribution in [0.25, 0.3) is 11.2 Å². The number of nitrogens with zero attached hydrogens (tertiary/aromatic N) is 4. The van der Waals surface area contributed by atoms with Crippen molar-refractivity contribution in [3.05, 3.63) is 24.2 Å². The van der Waals surface area contributed by atoms with Crippen molar-refractivity contribution in [2.75, 3.05) is 13.1 Å². The molecular weight excluding hydrogens is 352 g/mol. The summed E-state index contributed by atoms with van der Waals surface area (Å²) in [6.45, 7) is 3.04. The van der Waals surface area contributed by atoms with Crippen LogP contribution in [0, 0.1) is 5.92 Å². The molecule has 1 saturated carbocycles. The first-order chi connectivity index (χ1) is 13.6. The summed E-state index contributed by atoms with van der Waals surface area (Å²) < 4.78 is 2.37. The number of carbonyl (C=O) groups excluding carboxylic acids is 2. The second kappa shape index (κ2) is 8.41. The van der Waals surface area contributed by atoms with E-state index in [9.17, 15) is 9.59 Å². The molecule has 0 spiro atoms. The highest BCUT2D eigenvalue weighted by Crippen LogP contribution is 2.32. The minimum Gasteiger partial charge on any atom is -0.343 e. The Kier molecular flexibility index (Phi) is 5.74. The second-order valence-electron chi connectivity index (χ2n) is 8.41. The molecular formula is C22H30N4O2. The van der Waals surface area contributed by atoms with Gasteiger partial charge in [0.05, 0.1) is 0 Å². The first-order valence-corrected chi connectivity index (χ1v) is 10.7. The Morgan fingerprint density at radius 2 is 1.86 bits per heavy atom. The largest absolute Gasteiger partial charge is 0.343 e. The number of pyridine rings is 1. The predicted molar refractivity (Wildman–Crippen MR) is 108 cm³/mol. The van der Waals surface area contributed by atoms with E-state index in [0.717, 1.165) is 49.4 Å². The molecule has 3 heterocycles. The Morgan fingerprint density at radius 1 is 1.11 bits per heavy atom. The SMILES string of the molecule is CC(=O)CCC(=O)N1CCC(n2c(CC3CCCC3)nc3cccnc32)CC1. The maximum Gasteiger partial charge on any atom is 0.223 e. The van der Waals surface area contributed by atoms with E-state index in [4.69, 9.17) is 4.98 Å². The van der Waals surface area contributed by atoms with Crippen LogP contribution < -0.4 is 0 Å². The minimum absolute atomic E-state index is 0.0794. The van der Waals surface area contributed by atoms with Crippen LogP contribution in [0.5, 0.6) is 0 Å². The number of likely N-dealkylation sites (tertiary alicyclic amines) is 1. The van der Waals surface area contributed by atoms with Crippen molar-refractivity contribution in [3.8, 4) is 0 Å². The molecule has 4 rings (SSSR count). The number of Topliss-reactive ketones (excluding diaryl/α,β-unsaturated/α-hetero) is 1. The van der Waals surface area contributed by atoms with Crippen LogP contribution in [0.15, 0.2) is 18.3 Å². The number of rotatable bonds is 6. The molecule has 150 valence electrons. The van der Waals surface area contributed by atoms with E-state index >= 15 is 0 Å². The highest BCUT2D eigenvalue weighted by molar-refractivity contribution is 5.83. The smallest absolute Gasteiger partial charge is 0.223 e. The molecule has 0 radical (unpaired) electrons. The second-order valence-corrected chi connectivity index (χ2v) is 8.41. The fourth-order valence-corrected chi connectivity index (χ4v) is 4.79. The number of carbonyl (C=O) groups is 2. The lowest BCUT2D eigenvalue weighted by atomic mass is 10.0. The number of ketones is 1. The molecule has 0 atom stereocenters. The van der Waals surface area contributed by atoms with E-state index in [0.29, 0.717) is 18.9 Å². The normalized spacial score (nSPS) is 18.8. The number of imidazole rings is 1. The molecule has 1 aliphatic carbocycles. The molecule has 1 amide bonds. The van der Waals surface area contributed by atoms with Crippen molar-refractivity contribution in [2.45, 2.75) is 70.8 Å². The van der Waals surface area contributed by atoms with Crippen LogP contribution in [0.3, 0.4) is 0 Å². The van der Waals surface area contributed by atoms with E-state index < -0.39 is 0 Å². The van der Waals surface area contributed by atoms with Gasteiger partial charge in [-0.2, -0.15) is 0 Å². The molecule has 2 aliphatic rings. The van der Waals surface area contributed by atoms with Crippen LogP contribution >= 0.6 is 0 Å². The summed E-state index contributed by atoms with van der Waals surface area (Å²) in [5.74, 6) is 2.09. The Morgan fingerprint density at radius 3 is 2.57 bits per heavy atom. The molecule has 0 N–H and O–H groups in total. The van der Waals surface area contributed by atoms with E-state index in [1.54, 1.807) is 6.92 Å². The van der Waals surface area contributed by atoms with Gasteiger partial charge in [0.25, 0.3) is 0 Å². The highest BCUT2D eigenvalue weighted by Gasteiger charge is 2.28. The Labute approximate surface area is 166 Å². The van der Waals surface area contributed by atoms with E-state index in [2.05, 4.69) is 15.6 Å². The number of amides is 1. The van der Waals surface area contributed by atoms with E-state index in [-0.39, 0.29) is 11.7 Å². The monoisotopic (exact) mass is 382 g/mol. The van der Waals surface area contributed by atoms with Crippen molar-refractivity contribution >= 4 is 22.9 Å². The van der Waals surface area contributed by atoms with Crippen LogP contribution in [0.4, 0.5) is 0 Å². The number of hydrogen-bond acceptors (Lipinski definition) is 4. The summed E-state index contributed by atoms with van der Waals surface area (Å²) >= 11 is 0. The lowest BCUT2D eigenvalue weighted by Crippen LogP contribution is -2.39. The molecule has 0 bridgehead atoms. The summed E-state index contributed by atoms with van der Waals surface area (Å²) in [6.07, 6.45) is 10.7. The first kappa shape index (κ1) is 19.1. The van der Waals surface area contributed by atoms with Crippen molar-refractivity contribution in [2.24, 2.45) is 5.92 Å². The topological polar surface area (TPSA) is 68.1 Å². The quantitative estimate of drug-likeness (QED) is 0.764. The average molecular weight is 383 g/mol. The van der Waals surface area contributed by atoms with Crippen LogP contribution in [-0.2, 0) is 16.0 Å². The average Bonchev–Trinajstić information content (AvgIpc) is 3.33. The summed E-state index contributed by atoms with van der Waals surface area (Å²) in [6, 6.07) is 4.35. The zero-order valence-corrected chi connectivity index (χ0v) is 16.8. The van der Waals surface area contributed by atoms with Gasteiger partial charge in [0.2, 0.25) is 5.91 Å². The number of fused-ring (bicyclic) bond motifs is 1. The Bertz CT molecular complexity index is 845. The van der Waals surface area contributed by atoms with Gasteiger partial charge >= 0.3 is 0 Å². The summed E-state index contributed by atoms with van der Waals surface area (Å²) in [7, 11) is 0. The molecule has 0 aromatic carbocycles. The predicted octanol–water partition coefficient (Wildman–Crippen LogP) is 3.70. The molecule has 1 aliphatic heterocycles. The molecule has 2 aromatic heterocycles. The number of hydrogen-bond donors (Lipinski definition) is 0. The molecule has 0 unspecified atom stereocenters. The van der Waals surface area contributed by atoms with Gasteiger partial charge in [-0.05, 0) is 37.8 Å². The lowest BCUT2D eigenvalue weighted by Gasteiger charge is -2.33. The third-order valence-electron chi connectivity index (χ3n) is 6.34. The maximum atomic E-state index is 12.3. The highest BCUT2D eigenvalue weighted by atomic mass is 16.2. The summed E-state index contributed by atoms with van der Waals surface area (Å²) in [5.41, 5.74) is 1.97. The standard InChI is InChI=1S/C22H30N4O2/c1-16(27)8-9-21(28)25-13-10-18(11-14-25)26-20(15-17-5-2-3-6-17)24-19-7-4-12-23-22(19)26/h4,7,12,17-18H,2-3,5-6,8-11,13-15H2,1H3. The molecule has 2 aromatic rings. The van der Waals surface area contributed by atoms with Crippen molar-refractivity contribution < 1.29 is 9.59 Å². The fraction of sp³-hybridized carbons (Fsp3) is 0.636. The van der Waals surface area contributed by atoms with Crippen molar-refractivity contribution in [1.82, 2.24) is 19.4 Å². The van der Waals surface area contributed by atoms with E-state index in [1.807, 2.05) is 17.2 Å². The molecule has 6 nitrogen and oxygen atoms in total. The molecule has 1 saturated heterocycles. The minimum atomic E-state index is 0.0794. The van der Waals surface area contributed by atoms with Crippen LogP contribution in [0.1, 0.15) is 70.2 Å². The molecule has 28 heavy (non-hydrogen) atoms. The summed E-state index contributed by atoms with van der Waals surface area (Å²) in [5, 5.41) is 0. The van der Waals surface area contributed by atoms with Gasteiger partial charge in [0, 0.05) is 44.6 Å². The van der Waals surface area contributed by atoms with Crippen molar-refractivity contribution in [3.63, 3.8) is 0 Å². The molecule has 6 heteroatoms. The maximum absolute atomic E-state index is 12.3. The van der Waals surface area contributed by atoms with Gasteiger partial charge in [-0.15, -0.1) is 0 Å². The number of aromatic nitrogens is 3. The van der Waals surface area contributed by atoms with E-state index in [1.165, 1.54) is 31.5 Å². The Hall–Kier alpha value is -2.24.